The van der Waals surface area contributed by atoms with Crippen molar-refractivity contribution < 1.29 is 17.5 Å². The minimum Gasteiger partial charge on any atom is -0.481 e. The molecule has 0 amide bonds. The third-order valence-electron chi connectivity index (χ3n) is 2.72. The van der Waals surface area contributed by atoms with Crippen LogP contribution in [-0.2, 0) is 16.6 Å². The van der Waals surface area contributed by atoms with Crippen LogP contribution in [0.3, 0.4) is 0 Å². The molecular weight excluding hydrogens is 297 g/mol. The normalized spacial score (nSPS) is 11.2. The number of hydrogen-bond acceptors (Lipinski definition) is 5. The molecule has 0 spiro atoms. The molecule has 0 radical (unpaired) electrons. The van der Waals surface area contributed by atoms with Crippen molar-refractivity contribution in [3.05, 3.63) is 47.9 Å². The number of methoxy groups -OCH3 is 1. The molecule has 0 saturated carbocycles. The minimum absolute atomic E-state index is 0.118. The maximum absolute atomic E-state index is 13.7. The zero-order valence-corrected chi connectivity index (χ0v) is 12.0. The number of halogens is 1. The zero-order chi connectivity index (χ0) is 15.5. The van der Waals surface area contributed by atoms with E-state index in [9.17, 15) is 12.8 Å². The summed E-state index contributed by atoms with van der Waals surface area (Å²) in [7, 11) is -2.61. The van der Waals surface area contributed by atoms with Gasteiger partial charge in [-0.2, -0.15) is 0 Å². The van der Waals surface area contributed by atoms with Crippen LogP contribution in [-0.4, -0.2) is 20.5 Å². The molecule has 0 fully saturated rings. The van der Waals surface area contributed by atoms with E-state index in [1.807, 2.05) is 0 Å². The van der Waals surface area contributed by atoms with Gasteiger partial charge in [0.2, 0.25) is 5.88 Å². The first-order chi connectivity index (χ1) is 9.96. The highest BCUT2D eigenvalue weighted by Gasteiger charge is 2.19. The molecule has 1 aromatic carbocycles. The number of aromatic nitrogens is 1. The molecule has 0 bridgehead atoms. The van der Waals surface area contributed by atoms with E-state index in [1.165, 1.54) is 37.6 Å². The van der Waals surface area contributed by atoms with Gasteiger partial charge in [0.15, 0.2) is 0 Å². The van der Waals surface area contributed by atoms with Gasteiger partial charge in [0.25, 0.3) is 10.0 Å². The van der Waals surface area contributed by atoms with Crippen molar-refractivity contribution in [2.24, 2.45) is 5.73 Å². The lowest BCUT2D eigenvalue weighted by molar-refractivity contribution is 0.398. The number of nitrogens with one attached hydrogen (secondary N) is 1. The Labute approximate surface area is 121 Å². The first-order valence-corrected chi connectivity index (χ1v) is 7.46. The molecule has 2 rings (SSSR count). The molecule has 0 aliphatic carbocycles. The summed E-state index contributed by atoms with van der Waals surface area (Å²) in [6.45, 7) is 0.118. The zero-order valence-electron chi connectivity index (χ0n) is 11.2. The standard InChI is InChI=1S/C13H14FN3O3S/c1-20-13-5-3-10(8-16-13)17-21(18,19)12-6-9(7-15)2-4-11(12)14/h2-6,8,17H,7,15H2,1H3. The van der Waals surface area contributed by atoms with Crippen molar-refractivity contribution in [1.82, 2.24) is 4.98 Å². The van der Waals surface area contributed by atoms with Gasteiger partial charge in [-0.3, -0.25) is 4.72 Å². The number of benzene rings is 1. The Morgan fingerprint density at radius 3 is 2.67 bits per heavy atom. The van der Waals surface area contributed by atoms with Gasteiger partial charge in [0.05, 0.1) is 19.0 Å². The quantitative estimate of drug-likeness (QED) is 0.872. The van der Waals surface area contributed by atoms with Gasteiger partial charge >= 0.3 is 0 Å². The van der Waals surface area contributed by atoms with Gasteiger partial charge in [0.1, 0.15) is 10.7 Å². The molecule has 3 N–H and O–H groups in total. The lowest BCUT2D eigenvalue weighted by Gasteiger charge is -2.10. The fourth-order valence-corrected chi connectivity index (χ4v) is 2.82. The number of nitrogens with zero attached hydrogens (tertiary/aromatic N) is 1. The molecule has 1 heterocycles. The van der Waals surface area contributed by atoms with E-state index in [-0.39, 0.29) is 12.2 Å². The molecule has 6 nitrogen and oxygen atoms in total. The van der Waals surface area contributed by atoms with Gasteiger partial charge in [0, 0.05) is 12.6 Å². The second-order valence-electron chi connectivity index (χ2n) is 4.16. The van der Waals surface area contributed by atoms with Crippen molar-refractivity contribution >= 4 is 15.7 Å². The minimum atomic E-state index is -4.06. The maximum atomic E-state index is 13.7. The van der Waals surface area contributed by atoms with Crippen LogP contribution in [0.2, 0.25) is 0 Å². The summed E-state index contributed by atoms with van der Waals surface area (Å²) in [6, 6.07) is 6.67. The first kappa shape index (κ1) is 15.2. The lowest BCUT2D eigenvalue weighted by Crippen LogP contribution is -2.15. The molecule has 112 valence electrons. The summed E-state index contributed by atoms with van der Waals surface area (Å²) in [4.78, 5) is 3.41. The van der Waals surface area contributed by atoms with Gasteiger partial charge in [-0.25, -0.2) is 17.8 Å². The molecule has 2 aromatic rings. The van der Waals surface area contributed by atoms with E-state index in [0.717, 1.165) is 6.07 Å². The Hall–Kier alpha value is -2.19. The number of pyridine rings is 1. The van der Waals surface area contributed by atoms with Crippen molar-refractivity contribution in [2.45, 2.75) is 11.4 Å². The highest BCUT2D eigenvalue weighted by Crippen LogP contribution is 2.20. The second kappa shape index (κ2) is 6.06. The first-order valence-electron chi connectivity index (χ1n) is 5.97. The number of sulfonamides is 1. The summed E-state index contributed by atoms with van der Waals surface area (Å²) in [6.07, 6.45) is 1.28. The summed E-state index contributed by atoms with van der Waals surface area (Å²) in [5.74, 6) is -0.504. The highest BCUT2D eigenvalue weighted by atomic mass is 32.2. The lowest BCUT2D eigenvalue weighted by atomic mass is 10.2. The Morgan fingerprint density at radius 1 is 1.33 bits per heavy atom. The number of nitrogens with two attached hydrogens (primary N) is 1. The monoisotopic (exact) mass is 311 g/mol. The summed E-state index contributed by atoms with van der Waals surface area (Å²) in [5, 5.41) is 0. The molecule has 21 heavy (non-hydrogen) atoms. The number of anilines is 1. The van der Waals surface area contributed by atoms with E-state index in [4.69, 9.17) is 10.5 Å². The van der Waals surface area contributed by atoms with Crippen LogP contribution in [0.15, 0.2) is 41.4 Å². The van der Waals surface area contributed by atoms with Gasteiger partial charge in [-0.15, -0.1) is 0 Å². The van der Waals surface area contributed by atoms with Crippen LogP contribution in [0.4, 0.5) is 10.1 Å². The maximum Gasteiger partial charge on any atom is 0.264 e. The fraction of sp³-hybridized carbons (Fsp3) is 0.154. The molecule has 0 saturated heterocycles. The van der Waals surface area contributed by atoms with Crippen molar-refractivity contribution in [3.8, 4) is 5.88 Å². The highest BCUT2D eigenvalue weighted by molar-refractivity contribution is 7.92. The molecule has 0 aliphatic heterocycles. The third-order valence-corrected chi connectivity index (χ3v) is 4.11. The smallest absolute Gasteiger partial charge is 0.264 e. The Balaban J connectivity index is 2.33. The van der Waals surface area contributed by atoms with E-state index in [2.05, 4.69) is 9.71 Å². The number of rotatable bonds is 5. The van der Waals surface area contributed by atoms with Crippen LogP contribution >= 0.6 is 0 Å². The largest absolute Gasteiger partial charge is 0.481 e. The topological polar surface area (TPSA) is 94.3 Å². The van der Waals surface area contributed by atoms with E-state index in [1.54, 1.807) is 0 Å². The van der Waals surface area contributed by atoms with Crippen LogP contribution in [0.5, 0.6) is 5.88 Å². The Morgan fingerprint density at radius 2 is 2.10 bits per heavy atom. The van der Waals surface area contributed by atoms with E-state index in [0.29, 0.717) is 11.4 Å². The van der Waals surface area contributed by atoms with Crippen LogP contribution in [0.1, 0.15) is 5.56 Å². The molecule has 0 unspecified atom stereocenters. The van der Waals surface area contributed by atoms with Gasteiger partial charge in [-0.05, 0) is 23.8 Å². The summed E-state index contributed by atoms with van der Waals surface area (Å²) >= 11 is 0. The van der Waals surface area contributed by atoms with Crippen molar-refractivity contribution in [1.29, 1.82) is 0 Å². The fourth-order valence-electron chi connectivity index (χ4n) is 1.65. The SMILES string of the molecule is COc1ccc(NS(=O)(=O)c2cc(CN)ccc2F)cn1. The molecular formula is C13H14FN3O3S. The predicted molar refractivity (Wildman–Crippen MR) is 75.9 cm³/mol. The predicted octanol–water partition coefficient (Wildman–Crippen LogP) is 1.49. The summed E-state index contributed by atoms with van der Waals surface area (Å²) < 4.78 is 45.2. The Bertz CT molecular complexity index is 733. The van der Waals surface area contributed by atoms with Crippen molar-refractivity contribution in [3.63, 3.8) is 0 Å². The van der Waals surface area contributed by atoms with Crippen LogP contribution < -0.4 is 15.2 Å². The van der Waals surface area contributed by atoms with Crippen LogP contribution in [0.25, 0.3) is 0 Å². The second-order valence-corrected chi connectivity index (χ2v) is 5.81. The third kappa shape index (κ3) is 3.47. The summed E-state index contributed by atoms with van der Waals surface area (Å²) in [5.41, 5.74) is 6.16. The molecule has 0 atom stereocenters. The molecule has 1 aromatic heterocycles. The van der Waals surface area contributed by atoms with Crippen LogP contribution in [0, 0.1) is 5.82 Å². The van der Waals surface area contributed by atoms with E-state index >= 15 is 0 Å². The van der Waals surface area contributed by atoms with Gasteiger partial charge in [-0.1, -0.05) is 6.07 Å². The average molecular weight is 311 g/mol. The average Bonchev–Trinajstić information content (AvgIpc) is 2.48. The number of hydrogen-bond donors (Lipinski definition) is 2. The van der Waals surface area contributed by atoms with Gasteiger partial charge < -0.3 is 10.5 Å². The number of ether oxygens (including phenoxy) is 1. The molecule has 8 heteroatoms. The van der Waals surface area contributed by atoms with Crippen molar-refractivity contribution in [2.75, 3.05) is 11.8 Å². The molecule has 0 aliphatic rings. The van der Waals surface area contributed by atoms with E-state index < -0.39 is 20.7 Å². The Kier molecular flexibility index (Phi) is 4.39.